The van der Waals surface area contributed by atoms with Crippen molar-refractivity contribution >= 4 is 21.4 Å². The van der Waals surface area contributed by atoms with Gasteiger partial charge in [-0.05, 0) is 38.2 Å². The Labute approximate surface area is 108 Å². The molecular weight excluding hydrogens is 252 g/mol. The normalized spacial score (nSPS) is 13.1. The van der Waals surface area contributed by atoms with Crippen molar-refractivity contribution in [3.63, 3.8) is 0 Å². The molecule has 1 amide bonds. The zero-order chi connectivity index (χ0) is 13.8. The summed E-state index contributed by atoms with van der Waals surface area (Å²) in [5.41, 5.74) is 0.581. The Balaban J connectivity index is 2.82. The minimum atomic E-state index is -3.19. The van der Waals surface area contributed by atoms with Crippen LogP contribution in [0.25, 0.3) is 0 Å². The van der Waals surface area contributed by atoms with Gasteiger partial charge in [0.25, 0.3) is 0 Å². The van der Waals surface area contributed by atoms with Gasteiger partial charge < -0.3 is 10.6 Å². The number of sulfone groups is 1. The lowest BCUT2D eigenvalue weighted by atomic mass is 10.3. The molecule has 1 rings (SSSR count). The van der Waals surface area contributed by atoms with E-state index in [-0.39, 0.29) is 22.6 Å². The Kier molecular flexibility index (Phi) is 4.86. The molecule has 0 heterocycles. The first-order valence-corrected chi connectivity index (χ1v) is 7.37. The summed E-state index contributed by atoms with van der Waals surface area (Å²) in [6.07, 6.45) is 0. The maximum Gasteiger partial charge on any atom is 0.241 e. The van der Waals surface area contributed by atoms with Crippen LogP contribution >= 0.6 is 0 Å². The molecule has 0 aliphatic carbocycles. The predicted molar refractivity (Wildman–Crippen MR) is 71.3 cm³/mol. The zero-order valence-corrected chi connectivity index (χ0v) is 11.5. The highest BCUT2D eigenvalue weighted by atomic mass is 32.2. The number of carbonyl (C=O) groups is 1. The van der Waals surface area contributed by atoms with Crippen LogP contribution in [0.5, 0.6) is 0 Å². The Morgan fingerprint density at radius 1 is 1.28 bits per heavy atom. The smallest absolute Gasteiger partial charge is 0.241 e. The second-order valence-corrected chi connectivity index (χ2v) is 6.21. The number of hydrogen-bond donors (Lipinski definition) is 2. The summed E-state index contributed by atoms with van der Waals surface area (Å²) < 4.78 is 23.2. The van der Waals surface area contributed by atoms with Crippen LogP contribution in [0.15, 0.2) is 29.2 Å². The van der Waals surface area contributed by atoms with E-state index >= 15 is 0 Å². The monoisotopic (exact) mass is 270 g/mol. The first-order valence-electron chi connectivity index (χ1n) is 5.71. The molecule has 0 aromatic heterocycles. The Bertz CT molecular complexity index is 509. The molecule has 0 bridgehead atoms. The van der Waals surface area contributed by atoms with Gasteiger partial charge in [-0.15, -0.1) is 0 Å². The van der Waals surface area contributed by atoms with Gasteiger partial charge in [-0.1, -0.05) is 6.92 Å². The molecule has 18 heavy (non-hydrogen) atoms. The molecule has 1 aromatic carbocycles. The van der Waals surface area contributed by atoms with Gasteiger partial charge >= 0.3 is 0 Å². The maximum atomic E-state index is 11.6. The van der Waals surface area contributed by atoms with Crippen molar-refractivity contribution < 1.29 is 13.2 Å². The maximum absolute atomic E-state index is 11.6. The molecule has 6 heteroatoms. The van der Waals surface area contributed by atoms with Crippen molar-refractivity contribution in [3.8, 4) is 0 Å². The Morgan fingerprint density at radius 3 is 2.28 bits per heavy atom. The van der Waals surface area contributed by atoms with Crippen molar-refractivity contribution in [1.29, 1.82) is 0 Å². The number of hydrogen-bond acceptors (Lipinski definition) is 4. The topological polar surface area (TPSA) is 75.3 Å². The van der Waals surface area contributed by atoms with Crippen molar-refractivity contribution in [3.05, 3.63) is 24.3 Å². The fourth-order valence-corrected chi connectivity index (χ4v) is 2.18. The van der Waals surface area contributed by atoms with Crippen LogP contribution < -0.4 is 10.6 Å². The second kappa shape index (κ2) is 5.97. The van der Waals surface area contributed by atoms with E-state index in [1.807, 2.05) is 0 Å². The Hall–Kier alpha value is -1.40. The molecule has 1 unspecified atom stereocenters. The predicted octanol–water partition coefficient (Wildman–Crippen LogP) is 1.03. The molecule has 0 spiro atoms. The lowest BCUT2D eigenvalue weighted by Crippen LogP contribution is -2.35. The number of benzene rings is 1. The number of anilines is 1. The lowest BCUT2D eigenvalue weighted by Gasteiger charge is -2.11. The number of rotatable bonds is 5. The van der Waals surface area contributed by atoms with Gasteiger partial charge in [0.05, 0.1) is 16.7 Å². The number of amides is 1. The summed E-state index contributed by atoms with van der Waals surface area (Å²) in [5.74, 6) is -0.0984. The molecular formula is C12H18N2O3S. The first-order chi connectivity index (χ1) is 8.40. The van der Waals surface area contributed by atoms with Gasteiger partial charge in [-0.2, -0.15) is 0 Å². The third-order valence-corrected chi connectivity index (χ3v) is 4.44. The SMILES string of the molecule is CCS(=O)(=O)c1ccc(NC(=O)C(C)NC)cc1. The third-order valence-electron chi connectivity index (χ3n) is 2.69. The van der Waals surface area contributed by atoms with Crippen molar-refractivity contribution in [2.45, 2.75) is 24.8 Å². The van der Waals surface area contributed by atoms with Gasteiger partial charge in [-0.25, -0.2) is 8.42 Å². The van der Waals surface area contributed by atoms with Crippen LogP contribution in [-0.4, -0.2) is 33.2 Å². The molecule has 0 radical (unpaired) electrons. The molecule has 0 aliphatic heterocycles. The van der Waals surface area contributed by atoms with Gasteiger partial charge in [0.2, 0.25) is 5.91 Å². The molecule has 2 N–H and O–H groups in total. The van der Waals surface area contributed by atoms with Crippen molar-refractivity contribution in [2.75, 3.05) is 18.1 Å². The highest BCUT2D eigenvalue weighted by Gasteiger charge is 2.13. The molecule has 1 atom stereocenters. The third kappa shape index (κ3) is 3.54. The van der Waals surface area contributed by atoms with E-state index in [2.05, 4.69) is 10.6 Å². The first kappa shape index (κ1) is 14.7. The number of carbonyl (C=O) groups excluding carboxylic acids is 1. The van der Waals surface area contributed by atoms with E-state index in [0.717, 1.165) is 0 Å². The lowest BCUT2D eigenvalue weighted by molar-refractivity contribution is -0.117. The zero-order valence-electron chi connectivity index (χ0n) is 10.7. The molecule has 5 nitrogen and oxygen atoms in total. The Morgan fingerprint density at radius 2 is 1.83 bits per heavy atom. The van der Waals surface area contributed by atoms with E-state index in [1.54, 1.807) is 33.0 Å². The highest BCUT2D eigenvalue weighted by Crippen LogP contribution is 2.15. The van der Waals surface area contributed by atoms with Crippen molar-refractivity contribution in [2.24, 2.45) is 0 Å². The molecule has 0 fully saturated rings. The van der Waals surface area contributed by atoms with Gasteiger partial charge in [0.15, 0.2) is 9.84 Å². The highest BCUT2D eigenvalue weighted by molar-refractivity contribution is 7.91. The van der Waals surface area contributed by atoms with E-state index < -0.39 is 9.84 Å². The van der Waals surface area contributed by atoms with Gasteiger partial charge in [0.1, 0.15) is 0 Å². The fraction of sp³-hybridized carbons (Fsp3) is 0.417. The molecule has 100 valence electrons. The minimum absolute atomic E-state index is 0.0650. The van der Waals surface area contributed by atoms with Crippen molar-refractivity contribution in [1.82, 2.24) is 5.32 Å². The second-order valence-electron chi connectivity index (χ2n) is 3.93. The summed E-state index contributed by atoms with van der Waals surface area (Å²) in [4.78, 5) is 11.9. The van der Waals surface area contributed by atoms with Crippen LogP contribution in [0.2, 0.25) is 0 Å². The quantitative estimate of drug-likeness (QED) is 0.838. The van der Waals surface area contributed by atoms with Crippen LogP contribution in [0.4, 0.5) is 5.69 Å². The number of nitrogens with one attached hydrogen (secondary N) is 2. The van der Waals surface area contributed by atoms with E-state index in [1.165, 1.54) is 12.1 Å². The largest absolute Gasteiger partial charge is 0.325 e. The van der Waals surface area contributed by atoms with Crippen LogP contribution in [0, 0.1) is 0 Å². The summed E-state index contributed by atoms with van der Waals surface area (Å²) in [6, 6.07) is 5.87. The summed E-state index contributed by atoms with van der Waals surface area (Å²) in [5, 5.41) is 5.51. The summed E-state index contributed by atoms with van der Waals surface area (Å²) >= 11 is 0. The molecule has 0 saturated heterocycles. The minimum Gasteiger partial charge on any atom is -0.325 e. The van der Waals surface area contributed by atoms with E-state index in [0.29, 0.717) is 5.69 Å². The molecule has 0 saturated carbocycles. The number of likely N-dealkylation sites (N-methyl/N-ethyl adjacent to an activating group) is 1. The van der Waals surface area contributed by atoms with E-state index in [4.69, 9.17) is 0 Å². The average Bonchev–Trinajstić information content (AvgIpc) is 2.38. The van der Waals surface area contributed by atoms with Crippen LogP contribution in [0.3, 0.4) is 0 Å². The summed E-state index contributed by atoms with van der Waals surface area (Å²) in [7, 11) is -1.49. The fourth-order valence-electron chi connectivity index (χ4n) is 1.29. The summed E-state index contributed by atoms with van der Waals surface area (Å²) in [6.45, 7) is 3.34. The molecule has 0 aliphatic rings. The van der Waals surface area contributed by atoms with Gasteiger partial charge in [0, 0.05) is 5.69 Å². The standard InChI is InChI=1S/C12H18N2O3S/c1-4-18(16,17)11-7-5-10(6-8-11)14-12(15)9(2)13-3/h5-9,13H,4H2,1-3H3,(H,14,15). The average molecular weight is 270 g/mol. The van der Waals surface area contributed by atoms with Gasteiger partial charge in [-0.3, -0.25) is 4.79 Å². The van der Waals surface area contributed by atoms with Crippen LogP contribution in [0.1, 0.15) is 13.8 Å². The van der Waals surface area contributed by atoms with Crippen LogP contribution in [-0.2, 0) is 14.6 Å². The molecule has 1 aromatic rings. The van der Waals surface area contributed by atoms with E-state index in [9.17, 15) is 13.2 Å².